The van der Waals surface area contributed by atoms with E-state index < -0.39 is 0 Å². The van der Waals surface area contributed by atoms with Crippen LogP contribution in [0.1, 0.15) is 24.1 Å². The van der Waals surface area contributed by atoms with Gasteiger partial charge in [-0.05, 0) is 18.1 Å². The Bertz CT molecular complexity index is 233. The van der Waals surface area contributed by atoms with Crippen LogP contribution in [0.3, 0.4) is 0 Å². The Kier molecular flexibility index (Phi) is 2.63. The summed E-state index contributed by atoms with van der Waals surface area (Å²) in [5.74, 6) is 0. The maximum atomic E-state index is 8.91. The molecule has 60 valence electrons. The molecule has 1 unspecified atom stereocenters. The SMILES string of the molecule is CC(N)c1ccccc1CO. The van der Waals surface area contributed by atoms with Crippen molar-refractivity contribution in [3.63, 3.8) is 0 Å². The van der Waals surface area contributed by atoms with Gasteiger partial charge in [0.15, 0.2) is 0 Å². The lowest BCUT2D eigenvalue weighted by molar-refractivity contribution is 0.280. The third kappa shape index (κ3) is 1.79. The van der Waals surface area contributed by atoms with Gasteiger partial charge in [0, 0.05) is 6.04 Å². The smallest absolute Gasteiger partial charge is 0.0685 e. The lowest BCUT2D eigenvalue weighted by Crippen LogP contribution is -2.07. The van der Waals surface area contributed by atoms with Gasteiger partial charge in [-0.1, -0.05) is 24.3 Å². The summed E-state index contributed by atoms with van der Waals surface area (Å²) in [5.41, 5.74) is 7.62. The van der Waals surface area contributed by atoms with E-state index in [-0.39, 0.29) is 12.6 Å². The minimum atomic E-state index is -0.00153. The van der Waals surface area contributed by atoms with Crippen LogP contribution in [0, 0.1) is 0 Å². The van der Waals surface area contributed by atoms with Gasteiger partial charge in [0.25, 0.3) is 0 Å². The molecule has 2 heteroatoms. The molecule has 0 saturated carbocycles. The standard InChI is InChI=1S/C9H13NO/c1-7(10)9-5-3-2-4-8(9)6-11/h2-5,7,11H,6,10H2,1H3. The summed E-state index contributed by atoms with van der Waals surface area (Å²) in [5, 5.41) is 8.91. The average Bonchev–Trinajstić information content (AvgIpc) is 2.04. The van der Waals surface area contributed by atoms with E-state index in [4.69, 9.17) is 10.8 Å². The highest BCUT2D eigenvalue weighted by Gasteiger charge is 2.03. The molecule has 1 aromatic rings. The number of hydrogen-bond acceptors (Lipinski definition) is 2. The summed E-state index contributed by atoms with van der Waals surface area (Å²) < 4.78 is 0. The largest absolute Gasteiger partial charge is 0.392 e. The van der Waals surface area contributed by atoms with E-state index in [2.05, 4.69) is 0 Å². The van der Waals surface area contributed by atoms with Crippen LogP contribution in [0.15, 0.2) is 24.3 Å². The Hall–Kier alpha value is -0.860. The zero-order valence-corrected chi connectivity index (χ0v) is 6.62. The number of aliphatic hydroxyl groups excluding tert-OH is 1. The summed E-state index contributed by atoms with van der Waals surface area (Å²) in [7, 11) is 0. The fourth-order valence-electron chi connectivity index (χ4n) is 1.12. The summed E-state index contributed by atoms with van der Waals surface area (Å²) in [6, 6.07) is 7.66. The molecule has 0 heterocycles. The van der Waals surface area contributed by atoms with Crippen molar-refractivity contribution in [1.82, 2.24) is 0 Å². The van der Waals surface area contributed by atoms with Crippen molar-refractivity contribution >= 4 is 0 Å². The Morgan fingerprint density at radius 1 is 1.45 bits per heavy atom. The first kappa shape index (κ1) is 8.24. The molecule has 0 aliphatic rings. The van der Waals surface area contributed by atoms with Crippen LogP contribution in [0.25, 0.3) is 0 Å². The first-order valence-electron chi connectivity index (χ1n) is 3.70. The van der Waals surface area contributed by atoms with E-state index in [0.717, 1.165) is 11.1 Å². The van der Waals surface area contributed by atoms with Crippen LogP contribution in [0.5, 0.6) is 0 Å². The zero-order valence-electron chi connectivity index (χ0n) is 6.62. The van der Waals surface area contributed by atoms with Crippen molar-refractivity contribution in [2.45, 2.75) is 19.6 Å². The van der Waals surface area contributed by atoms with Gasteiger partial charge in [0.05, 0.1) is 6.61 Å². The molecule has 0 saturated heterocycles. The predicted molar refractivity (Wildman–Crippen MR) is 45.0 cm³/mol. The van der Waals surface area contributed by atoms with Gasteiger partial charge in [-0.2, -0.15) is 0 Å². The van der Waals surface area contributed by atoms with Crippen molar-refractivity contribution in [2.75, 3.05) is 0 Å². The topological polar surface area (TPSA) is 46.2 Å². The van der Waals surface area contributed by atoms with Crippen molar-refractivity contribution in [3.8, 4) is 0 Å². The molecule has 1 rings (SSSR count). The normalized spacial score (nSPS) is 13.0. The highest BCUT2D eigenvalue weighted by atomic mass is 16.3. The van der Waals surface area contributed by atoms with Gasteiger partial charge >= 0.3 is 0 Å². The average molecular weight is 151 g/mol. The monoisotopic (exact) mass is 151 g/mol. The Balaban J connectivity index is 3.02. The van der Waals surface area contributed by atoms with Gasteiger partial charge in [-0.15, -0.1) is 0 Å². The molecule has 11 heavy (non-hydrogen) atoms. The Labute approximate surface area is 66.7 Å². The second-order valence-electron chi connectivity index (χ2n) is 2.65. The second kappa shape index (κ2) is 3.51. The van der Waals surface area contributed by atoms with E-state index in [9.17, 15) is 0 Å². The maximum absolute atomic E-state index is 8.91. The number of aliphatic hydroxyl groups is 1. The van der Waals surface area contributed by atoms with Gasteiger partial charge in [0.1, 0.15) is 0 Å². The molecule has 2 nitrogen and oxygen atoms in total. The minimum Gasteiger partial charge on any atom is -0.392 e. The van der Waals surface area contributed by atoms with Crippen LogP contribution < -0.4 is 5.73 Å². The molecule has 3 N–H and O–H groups in total. The number of hydrogen-bond donors (Lipinski definition) is 2. The van der Waals surface area contributed by atoms with Crippen LogP contribution >= 0.6 is 0 Å². The zero-order chi connectivity index (χ0) is 8.27. The Morgan fingerprint density at radius 2 is 2.09 bits per heavy atom. The summed E-state index contributed by atoms with van der Waals surface area (Å²) in [4.78, 5) is 0. The van der Waals surface area contributed by atoms with Crippen LogP contribution in [-0.4, -0.2) is 5.11 Å². The third-order valence-electron chi connectivity index (χ3n) is 1.72. The molecule has 0 amide bonds. The lowest BCUT2D eigenvalue weighted by atomic mass is 10.0. The quantitative estimate of drug-likeness (QED) is 0.667. The maximum Gasteiger partial charge on any atom is 0.0685 e. The van der Waals surface area contributed by atoms with Crippen molar-refractivity contribution in [1.29, 1.82) is 0 Å². The highest BCUT2D eigenvalue weighted by molar-refractivity contribution is 5.28. The molecule has 0 bridgehead atoms. The van der Waals surface area contributed by atoms with Gasteiger partial charge in [-0.3, -0.25) is 0 Å². The van der Waals surface area contributed by atoms with E-state index in [0.29, 0.717) is 0 Å². The number of nitrogens with two attached hydrogens (primary N) is 1. The fourth-order valence-corrected chi connectivity index (χ4v) is 1.12. The molecule has 0 spiro atoms. The Morgan fingerprint density at radius 3 is 2.55 bits per heavy atom. The van der Waals surface area contributed by atoms with Crippen molar-refractivity contribution in [2.24, 2.45) is 5.73 Å². The van der Waals surface area contributed by atoms with E-state index >= 15 is 0 Å². The molecule has 0 aliphatic heterocycles. The molecule has 0 radical (unpaired) electrons. The lowest BCUT2D eigenvalue weighted by Gasteiger charge is -2.09. The fraction of sp³-hybridized carbons (Fsp3) is 0.333. The van der Waals surface area contributed by atoms with Crippen LogP contribution in [0.4, 0.5) is 0 Å². The van der Waals surface area contributed by atoms with Crippen LogP contribution in [-0.2, 0) is 6.61 Å². The second-order valence-corrected chi connectivity index (χ2v) is 2.65. The minimum absolute atomic E-state index is 0.00153. The first-order chi connectivity index (χ1) is 5.25. The van der Waals surface area contributed by atoms with Crippen molar-refractivity contribution in [3.05, 3.63) is 35.4 Å². The van der Waals surface area contributed by atoms with Gasteiger partial charge in [0.2, 0.25) is 0 Å². The van der Waals surface area contributed by atoms with Gasteiger partial charge < -0.3 is 10.8 Å². The molecule has 0 aromatic heterocycles. The molecule has 0 fully saturated rings. The summed E-state index contributed by atoms with van der Waals surface area (Å²) in [6.45, 7) is 1.98. The van der Waals surface area contributed by atoms with Crippen molar-refractivity contribution < 1.29 is 5.11 Å². The molecule has 0 aliphatic carbocycles. The first-order valence-corrected chi connectivity index (χ1v) is 3.70. The summed E-state index contributed by atoms with van der Waals surface area (Å²) in [6.07, 6.45) is 0. The van der Waals surface area contributed by atoms with E-state index in [1.165, 1.54) is 0 Å². The van der Waals surface area contributed by atoms with Gasteiger partial charge in [-0.25, -0.2) is 0 Å². The number of rotatable bonds is 2. The van der Waals surface area contributed by atoms with Crippen LogP contribution in [0.2, 0.25) is 0 Å². The molecular formula is C9H13NO. The predicted octanol–water partition coefficient (Wildman–Crippen LogP) is 1.20. The third-order valence-corrected chi connectivity index (χ3v) is 1.72. The summed E-state index contributed by atoms with van der Waals surface area (Å²) >= 11 is 0. The van der Waals surface area contributed by atoms with E-state index in [1.807, 2.05) is 31.2 Å². The highest BCUT2D eigenvalue weighted by Crippen LogP contribution is 2.14. The van der Waals surface area contributed by atoms with E-state index in [1.54, 1.807) is 0 Å². The molecular weight excluding hydrogens is 138 g/mol. The molecule has 1 aromatic carbocycles. The number of benzene rings is 1. The molecule has 1 atom stereocenters.